The molecule has 0 aromatic carbocycles. The molecule has 1 amide bonds. The van der Waals surface area contributed by atoms with Crippen molar-refractivity contribution >= 4 is 23.6 Å². The van der Waals surface area contributed by atoms with E-state index >= 15 is 0 Å². The number of nitrogens with one attached hydrogen (secondary N) is 1. The van der Waals surface area contributed by atoms with Crippen molar-refractivity contribution in [1.29, 1.82) is 0 Å². The van der Waals surface area contributed by atoms with Gasteiger partial charge < -0.3 is 19.4 Å². The summed E-state index contributed by atoms with van der Waals surface area (Å²) in [5, 5.41) is 0.309. The number of esters is 1. The highest BCUT2D eigenvalue weighted by atomic mass is 32.2. The van der Waals surface area contributed by atoms with Crippen molar-refractivity contribution in [1.82, 2.24) is 14.9 Å². The van der Waals surface area contributed by atoms with Crippen molar-refractivity contribution in [2.24, 2.45) is 0 Å². The molecule has 24 heavy (non-hydrogen) atoms. The van der Waals surface area contributed by atoms with E-state index in [2.05, 4.69) is 14.7 Å². The van der Waals surface area contributed by atoms with Crippen LogP contribution in [0.15, 0.2) is 16.0 Å². The van der Waals surface area contributed by atoms with Crippen molar-refractivity contribution < 1.29 is 19.1 Å². The van der Waals surface area contributed by atoms with Gasteiger partial charge in [-0.2, -0.15) is 0 Å². The van der Waals surface area contributed by atoms with Crippen molar-refractivity contribution in [3.63, 3.8) is 0 Å². The number of nitrogens with zero attached hydrogens (tertiary/aromatic N) is 2. The summed E-state index contributed by atoms with van der Waals surface area (Å²) < 4.78 is 10.2. The fourth-order valence-electron chi connectivity index (χ4n) is 2.47. The van der Waals surface area contributed by atoms with E-state index in [1.54, 1.807) is 4.90 Å². The first kappa shape index (κ1) is 18.5. The summed E-state index contributed by atoms with van der Waals surface area (Å²) in [6.07, 6.45) is -0.0755. The van der Waals surface area contributed by atoms with Gasteiger partial charge in [0.25, 0.3) is 5.56 Å². The number of amides is 1. The minimum absolute atomic E-state index is 0.00372. The Labute approximate surface area is 143 Å². The number of thioether (sulfide) groups is 1. The van der Waals surface area contributed by atoms with Gasteiger partial charge in [-0.3, -0.25) is 14.4 Å². The number of carbonyl (C=O) groups excluding carboxylic acids is 2. The minimum Gasteiger partial charge on any atom is -0.469 e. The summed E-state index contributed by atoms with van der Waals surface area (Å²) in [4.78, 5) is 43.7. The third-order valence-corrected chi connectivity index (χ3v) is 4.29. The normalized spacial score (nSPS) is 20.7. The van der Waals surface area contributed by atoms with Gasteiger partial charge in [-0.05, 0) is 13.8 Å². The first-order valence-corrected chi connectivity index (χ1v) is 8.59. The van der Waals surface area contributed by atoms with E-state index < -0.39 is 5.97 Å². The molecule has 1 aromatic rings. The van der Waals surface area contributed by atoms with Gasteiger partial charge in [-0.1, -0.05) is 11.8 Å². The average molecular weight is 355 g/mol. The lowest BCUT2D eigenvalue weighted by molar-refractivity contribution is -0.140. The largest absolute Gasteiger partial charge is 0.469 e. The number of rotatable bonds is 5. The predicted octanol–water partition coefficient (Wildman–Crippen LogP) is 0.213. The number of methoxy groups -OCH3 is 1. The van der Waals surface area contributed by atoms with Crippen molar-refractivity contribution in [2.45, 2.75) is 37.6 Å². The maximum absolute atomic E-state index is 12.3. The zero-order valence-electron chi connectivity index (χ0n) is 13.9. The van der Waals surface area contributed by atoms with E-state index in [1.807, 2.05) is 13.8 Å². The lowest BCUT2D eigenvalue weighted by Crippen LogP contribution is -2.48. The second kappa shape index (κ2) is 8.29. The molecule has 1 fully saturated rings. The molecule has 1 aliphatic heterocycles. The molecule has 0 unspecified atom stereocenters. The molecule has 0 aliphatic carbocycles. The number of ether oxygens (including phenoxy) is 2. The number of H-pyrrole nitrogens is 1. The summed E-state index contributed by atoms with van der Waals surface area (Å²) >= 11 is 1.14. The van der Waals surface area contributed by atoms with E-state index in [9.17, 15) is 14.4 Å². The van der Waals surface area contributed by atoms with Crippen LogP contribution in [0.4, 0.5) is 0 Å². The van der Waals surface area contributed by atoms with E-state index in [1.165, 1.54) is 13.2 Å². The van der Waals surface area contributed by atoms with E-state index in [4.69, 9.17) is 4.74 Å². The van der Waals surface area contributed by atoms with Crippen LogP contribution in [0.5, 0.6) is 0 Å². The predicted molar refractivity (Wildman–Crippen MR) is 87.9 cm³/mol. The second-order valence-electron chi connectivity index (χ2n) is 5.64. The molecule has 2 atom stereocenters. The van der Waals surface area contributed by atoms with Gasteiger partial charge in [0.1, 0.15) is 0 Å². The molecule has 9 heteroatoms. The lowest BCUT2D eigenvalue weighted by atomic mass is 10.2. The Balaban J connectivity index is 1.97. The van der Waals surface area contributed by atoms with Crippen LogP contribution in [0, 0.1) is 0 Å². The number of hydrogen-bond donors (Lipinski definition) is 1. The van der Waals surface area contributed by atoms with Crippen LogP contribution in [0.3, 0.4) is 0 Å². The molecule has 2 rings (SSSR count). The SMILES string of the molecule is COC(=O)Cc1cc(=O)[nH]c(SCC(=O)N2C[C@@H](C)O[C@@H](C)C2)n1. The first-order chi connectivity index (χ1) is 11.4. The maximum atomic E-state index is 12.3. The molecule has 0 bridgehead atoms. The number of carbonyl (C=O) groups is 2. The van der Waals surface area contributed by atoms with Crippen LogP contribution in [-0.4, -0.2) is 64.9 Å². The van der Waals surface area contributed by atoms with E-state index in [0.717, 1.165) is 11.8 Å². The van der Waals surface area contributed by atoms with Gasteiger partial charge in [0, 0.05) is 19.2 Å². The zero-order chi connectivity index (χ0) is 17.7. The molecule has 1 aromatic heterocycles. The highest BCUT2D eigenvalue weighted by molar-refractivity contribution is 7.99. The fraction of sp³-hybridized carbons (Fsp3) is 0.600. The Morgan fingerprint density at radius 1 is 1.42 bits per heavy atom. The average Bonchev–Trinajstić information content (AvgIpc) is 2.51. The van der Waals surface area contributed by atoms with Crippen LogP contribution in [0.25, 0.3) is 0 Å². The van der Waals surface area contributed by atoms with Gasteiger partial charge in [0.05, 0.1) is 37.2 Å². The molecule has 0 spiro atoms. The Bertz CT molecular complexity index is 653. The molecular formula is C15H21N3O5S. The Hall–Kier alpha value is -1.87. The summed E-state index contributed by atoms with van der Waals surface area (Å²) in [5.41, 5.74) is -0.0540. The molecule has 132 valence electrons. The summed E-state index contributed by atoms with van der Waals surface area (Å²) in [7, 11) is 1.27. The van der Waals surface area contributed by atoms with Gasteiger partial charge in [0.15, 0.2) is 5.16 Å². The summed E-state index contributed by atoms with van der Waals surface area (Å²) in [6.45, 7) is 4.96. The molecule has 1 N–H and O–H groups in total. The first-order valence-electron chi connectivity index (χ1n) is 7.60. The van der Waals surface area contributed by atoms with Crippen LogP contribution >= 0.6 is 11.8 Å². The molecular weight excluding hydrogens is 334 g/mol. The third-order valence-electron chi connectivity index (χ3n) is 3.43. The number of aromatic amines is 1. The van der Waals surface area contributed by atoms with Crippen LogP contribution in [-0.2, 0) is 25.5 Å². The third kappa shape index (κ3) is 5.34. The molecule has 1 aliphatic rings. The Kier molecular flexibility index (Phi) is 6.38. The second-order valence-corrected chi connectivity index (χ2v) is 6.60. The standard InChI is InChI=1S/C15H21N3O5S/c1-9-6-18(7-10(2)23-9)13(20)8-24-15-16-11(4-12(19)17-15)5-14(21)22-3/h4,9-10H,5-8H2,1-3H3,(H,16,17,19)/t9-,10+. The quantitative estimate of drug-likeness (QED) is 0.458. The highest BCUT2D eigenvalue weighted by Gasteiger charge is 2.25. The van der Waals surface area contributed by atoms with Crippen LogP contribution in [0.2, 0.25) is 0 Å². The van der Waals surface area contributed by atoms with Crippen LogP contribution < -0.4 is 5.56 Å². The topological polar surface area (TPSA) is 102 Å². The molecule has 2 heterocycles. The van der Waals surface area contributed by atoms with Gasteiger partial charge in [0.2, 0.25) is 5.91 Å². The van der Waals surface area contributed by atoms with Crippen molar-refractivity contribution in [3.8, 4) is 0 Å². The zero-order valence-corrected chi connectivity index (χ0v) is 14.7. The summed E-state index contributed by atoms with van der Waals surface area (Å²) in [5.74, 6) is -0.358. The number of hydrogen-bond acceptors (Lipinski definition) is 7. The van der Waals surface area contributed by atoms with Gasteiger partial charge >= 0.3 is 5.97 Å². The Morgan fingerprint density at radius 2 is 2.08 bits per heavy atom. The van der Waals surface area contributed by atoms with Gasteiger partial charge in [-0.25, -0.2) is 4.98 Å². The number of morpholine rings is 1. The summed E-state index contributed by atoms with van der Waals surface area (Å²) in [6, 6.07) is 1.24. The molecule has 1 saturated heterocycles. The van der Waals surface area contributed by atoms with Crippen molar-refractivity contribution in [2.75, 3.05) is 26.0 Å². The Morgan fingerprint density at radius 3 is 2.71 bits per heavy atom. The smallest absolute Gasteiger partial charge is 0.311 e. The number of aromatic nitrogens is 2. The van der Waals surface area contributed by atoms with E-state index in [-0.39, 0.29) is 35.8 Å². The minimum atomic E-state index is -0.476. The molecule has 8 nitrogen and oxygen atoms in total. The van der Waals surface area contributed by atoms with E-state index in [0.29, 0.717) is 23.9 Å². The van der Waals surface area contributed by atoms with Crippen molar-refractivity contribution in [3.05, 3.63) is 22.1 Å². The van der Waals surface area contributed by atoms with Gasteiger partial charge in [-0.15, -0.1) is 0 Å². The monoisotopic (exact) mass is 355 g/mol. The lowest BCUT2D eigenvalue weighted by Gasteiger charge is -2.35. The molecule has 0 radical (unpaired) electrons. The molecule has 0 saturated carbocycles. The fourth-order valence-corrected chi connectivity index (χ4v) is 3.26. The van der Waals surface area contributed by atoms with Crippen LogP contribution in [0.1, 0.15) is 19.5 Å². The highest BCUT2D eigenvalue weighted by Crippen LogP contribution is 2.16. The maximum Gasteiger partial charge on any atom is 0.311 e.